The van der Waals surface area contributed by atoms with E-state index < -0.39 is 115 Å². The van der Waals surface area contributed by atoms with Crippen LogP contribution in [-0.4, -0.2) is 117 Å². The molecular formula is C40H42F2O16. The quantitative estimate of drug-likeness (QED) is 0.173. The van der Waals surface area contributed by atoms with Crippen LogP contribution < -0.4 is 0 Å². The van der Waals surface area contributed by atoms with Crippen molar-refractivity contribution < 1.29 is 85.2 Å². The van der Waals surface area contributed by atoms with E-state index in [1.807, 2.05) is 18.2 Å². The molecule has 312 valence electrons. The number of methoxy groups -OCH3 is 1. The number of aliphatic hydroxyl groups excluding tert-OH is 1. The summed E-state index contributed by atoms with van der Waals surface area (Å²) in [5.74, 6) is -7.32. The van der Waals surface area contributed by atoms with Gasteiger partial charge in [0.15, 0.2) is 37.0 Å². The van der Waals surface area contributed by atoms with Crippen LogP contribution in [0.2, 0.25) is 0 Å². The third-order valence-corrected chi connectivity index (χ3v) is 8.83. The summed E-state index contributed by atoms with van der Waals surface area (Å²) in [6, 6.07) is 18.8. The minimum absolute atomic E-state index is 0.0948. The number of hydrogen-bond donors (Lipinski definition) is 1. The van der Waals surface area contributed by atoms with E-state index >= 15 is 0 Å². The van der Waals surface area contributed by atoms with Crippen molar-refractivity contribution in [3.05, 3.63) is 107 Å². The molecule has 0 aromatic heterocycles. The van der Waals surface area contributed by atoms with Gasteiger partial charge in [0, 0.05) is 27.9 Å². The highest BCUT2D eigenvalue weighted by atomic mass is 19.1. The Hall–Kier alpha value is -5.37. The minimum Gasteiger partial charge on any atom is -0.463 e. The maximum Gasteiger partial charge on any atom is 0.341 e. The molecule has 2 heterocycles. The Morgan fingerprint density at radius 2 is 1.26 bits per heavy atom. The summed E-state index contributed by atoms with van der Waals surface area (Å²) in [6.07, 6.45) is -16.8. The summed E-state index contributed by atoms with van der Waals surface area (Å²) in [5.41, 5.74) is 0.00538. The summed E-state index contributed by atoms with van der Waals surface area (Å²) < 4.78 is 86.6. The first-order valence-electron chi connectivity index (χ1n) is 17.9. The van der Waals surface area contributed by atoms with E-state index in [2.05, 4.69) is 0 Å². The maximum absolute atomic E-state index is 14.9. The van der Waals surface area contributed by atoms with Gasteiger partial charge in [-0.15, -0.1) is 0 Å². The third-order valence-electron chi connectivity index (χ3n) is 8.83. The lowest BCUT2D eigenvalue weighted by molar-refractivity contribution is -0.357. The molecule has 18 heteroatoms. The number of halogens is 2. The van der Waals surface area contributed by atoms with E-state index in [-0.39, 0.29) is 18.8 Å². The van der Waals surface area contributed by atoms with E-state index in [0.29, 0.717) is 12.1 Å². The second-order valence-electron chi connectivity index (χ2n) is 13.1. The molecule has 0 saturated carbocycles. The van der Waals surface area contributed by atoms with Crippen LogP contribution in [0.4, 0.5) is 8.78 Å². The van der Waals surface area contributed by atoms with Crippen molar-refractivity contribution in [1.29, 1.82) is 0 Å². The van der Waals surface area contributed by atoms with Crippen molar-refractivity contribution in [3.8, 4) is 0 Å². The zero-order valence-corrected chi connectivity index (χ0v) is 31.7. The zero-order chi connectivity index (χ0) is 41.9. The molecule has 0 amide bonds. The molecule has 3 aromatic rings. The number of rotatable bonds is 15. The number of benzene rings is 3. The Bertz CT molecular complexity index is 1880. The number of hydrogen-bond acceptors (Lipinski definition) is 16. The maximum atomic E-state index is 14.9. The van der Waals surface area contributed by atoms with Crippen LogP contribution >= 0.6 is 0 Å². The van der Waals surface area contributed by atoms with Crippen molar-refractivity contribution in [1.82, 2.24) is 0 Å². The standard InChI is InChI=1S/C40H42F2O16/c1-21(43)51-20-30-32(52-22(2)44)34(53-23(3)45)36(57-38(48)27-17-26(41)15-16-28(27)42)40(55-30)58-33-31(46)29(19-50-18-24-11-7-5-8-12-24)54-39(49-4)35(33)56-37(47)25-13-9-6-10-14-25/h5-17,29-36,39-40,46H,18-20H2,1-4H3/t29-,30-,31-,32+,33+,34+,35-,36-,39+,40+/m1/s1. The topological polar surface area (TPSA) is 198 Å². The fraction of sp³-hybridized carbons (Fsp3) is 0.425. The first-order chi connectivity index (χ1) is 27.7. The van der Waals surface area contributed by atoms with Gasteiger partial charge in [0.1, 0.15) is 42.7 Å². The van der Waals surface area contributed by atoms with Crippen LogP contribution in [0.15, 0.2) is 78.9 Å². The second kappa shape index (κ2) is 20.4. The van der Waals surface area contributed by atoms with Crippen molar-refractivity contribution >= 4 is 29.8 Å². The molecule has 16 nitrogen and oxygen atoms in total. The van der Waals surface area contributed by atoms with Crippen molar-refractivity contribution in [2.75, 3.05) is 20.3 Å². The highest BCUT2D eigenvalue weighted by Crippen LogP contribution is 2.35. The predicted molar refractivity (Wildman–Crippen MR) is 190 cm³/mol. The smallest absolute Gasteiger partial charge is 0.341 e. The predicted octanol–water partition coefficient (Wildman–Crippen LogP) is 3.20. The van der Waals surface area contributed by atoms with Gasteiger partial charge in [0.2, 0.25) is 0 Å². The monoisotopic (exact) mass is 816 g/mol. The first kappa shape index (κ1) is 43.7. The molecular weight excluding hydrogens is 774 g/mol. The van der Waals surface area contributed by atoms with Crippen LogP contribution in [-0.2, 0) is 68.4 Å². The fourth-order valence-corrected chi connectivity index (χ4v) is 6.23. The van der Waals surface area contributed by atoms with Crippen molar-refractivity contribution in [2.45, 2.75) is 88.8 Å². The van der Waals surface area contributed by atoms with Gasteiger partial charge in [-0.05, 0) is 35.9 Å². The summed E-state index contributed by atoms with van der Waals surface area (Å²) in [6.45, 7) is 2.25. The first-order valence-corrected chi connectivity index (χ1v) is 17.9. The Labute approximate surface area is 331 Å². The molecule has 1 N–H and O–H groups in total. The molecule has 2 saturated heterocycles. The van der Waals surface area contributed by atoms with Gasteiger partial charge in [-0.1, -0.05) is 48.5 Å². The van der Waals surface area contributed by atoms with Gasteiger partial charge in [-0.3, -0.25) is 14.4 Å². The molecule has 2 fully saturated rings. The number of esters is 5. The van der Waals surface area contributed by atoms with Crippen LogP contribution in [0, 0.1) is 11.6 Å². The van der Waals surface area contributed by atoms with Gasteiger partial charge in [-0.2, -0.15) is 0 Å². The van der Waals surface area contributed by atoms with Crippen LogP contribution in [0.5, 0.6) is 0 Å². The van der Waals surface area contributed by atoms with Gasteiger partial charge in [-0.25, -0.2) is 18.4 Å². The molecule has 10 atom stereocenters. The average Bonchev–Trinajstić information content (AvgIpc) is 3.19. The largest absolute Gasteiger partial charge is 0.463 e. The van der Waals surface area contributed by atoms with Gasteiger partial charge in [0.05, 0.1) is 24.3 Å². The fourth-order valence-electron chi connectivity index (χ4n) is 6.23. The van der Waals surface area contributed by atoms with Crippen LogP contribution in [0.1, 0.15) is 47.1 Å². The highest BCUT2D eigenvalue weighted by molar-refractivity contribution is 5.90. The Morgan fingerprint density at radius 1 is 0.655 bits per heavy atom. The zero-order valence-electron chi connectivity index (χ0n) is 31.7. The third kappa shape index (κ3) is 11.4. The molecule has 2 aliphatic heterocycles. The number of aliphatic hydroxyl groups is 1. The van der Waals surface area contributed by atoms with Gasteiger partial charge < -0.3 is 52.5 Å². The molecule has 0 bridgehead atoms. The van der Waals surface area contributed by atoms with E-state index in [4.69, 9.17) is 47.4 Å². The molecule has 0 radical (unpaired) electrons. The second-order valence-corrected chi connectivity index (χ2v) is 13.1. The van der Waals surface area contributed by atoms with Crippen LogP contribution in [0.25, 0.3) is 0 Å². The molecule has 2 aliphatic rings. The van der Waals surface area contributed by atoms with Gasteiger partial charge in [0.25, 0.3) is 0 Å². The lowest BCUT2D eigenvalue weighted by Crippen LogP contribution is -2.67. The van der Waals surface area contributed by atoms with E-state index in [1.54, 1.807) is 30.3 Å². The summed E-state index contributed by atoms with van der Waals surface area (Å²) in [7, 11) is 1.23. The number of carbonyl (C=O) groups is 5. The molecule has 58 heavy (non-hydrogen) atoms. The van der Waals surface area contributed by atoms with Crippen LogP contribution in [0.3, 0.4) is 0 Å². The Kier molecular flexibility index (Phi) is 15.4. The van der Waals surface area contributed by atoms with Crippen molar-refractivity contribution in [3.63, 3.8) is 0 Å². The molecule has 0 spiro atoms. The molecule has 5 rings (SSSR count). The average molecular weight is 817 g/mol. The van der Waals surface area contributed by atoms with Gasteiger partial charge >= 0.3 is 29.8 Å². The Morgan fingerprint density at radius 3 is 1.90 bits per heavy atom. The normalized spacial score (nSPS) is 26.8. The number of carbonyl (C=O) groups excluding carboxylic acids is 5. The van der Waals surface area contributed by atoms with E-state index in [1.165, 1.54) is 19.2 Å². The summed E-state index contributed by atoms with van der Waals surface area (Å²) >= 11 is 0. The Balaban J connectivity index is 1.57. The number of ether oxygens (including phenoxy) is 10. The molecule has 0 unspecified atom stereocenters. The molecule has 3 aromatic carbocycles. The highest BCUT2D eigenvalue weighted by Gasteiger charge is 2.57. The lowest BCUT2D eigenvalue weighted by Gasteiger charge is -2.48. The summed E-state index contributed by atoms with van der Waals surface area (Å²) in [5, 5.41) is 11.9. The van der Waals surface area contributed by atoms with E-state index in [0.717, 1.165) is 32.4 Å². The lowest BCUT2D eigenvalue weighted by atomic mass is 9.96. The SMILES string of the molecule is CO[C@H]1O[C@H](COCc2ccccc2)[C@@H](O)[C@H](O[C@@H]2O[C@H](COC(C)=O)[C@H](OC(C)=O)[C@H](OC(C)=O)[C@H]2OC(=O)c2cc(F)ccc2F)[C@H]1OC(=O)c1ccccc1. The van der Waals surface area contributed by atoms with E-state index in [9.17, 15) is 37.9 Å². The molecule has 0 aliphatic carbocycles. The minimum atomic E-state index is -2.01. The summed E-state index contributed by atoms with van der Waals surface area (Å²) in [4.78, 5) is 63.9. The van der Waals surface area contributed by atoms with Crippen molar-refractivity contribution in [2.24, 2.45) is 0 Å².